The average molecular weight is 189 g/mol. The van der Waals surface area contributed by atoms with E-state index in [0.29, 0.717) is 15.8 Å². The van der Waals surface area contributed by atoms with Gasteiger partial charge in [0.15, 0.2) is 0 Å². The van der Waals surface area contributed by atoms with Crippen molar-refractivity contribution < 1.29 is 9.53 Å². The van der Waals surface area contributed by atoms with E-state index in [1.165, 1.54) is 18.0 Å². The molecule has 0 spiro atoms. The maximum Gasteiger partial charge on any atom is 0.266 e. The van der Waals surface area contributed by atoms with Gasteiger partial charge >= 0.3 is 0 Å². The summed E-state index contributed by atoms with van der Waals surface area (Å²) in [6, 6.07) is 0. The second-order valence-electron chi connectivity index (χ2n) is 1.78. The number of nitrogens with one attached hydrogen (secondary N) is 1. The summed E-state index contributed by atoms with van der Waals surface area (Å²) in [5.74, 6) is -0.173. The maximum absolute atomic E-state index is 10.9. The summed E-state index contributed by atoms with van der Waals surface area (Å²) in [6.07, 6.45) is 1.43. The van der Waals surface area contributed by atoms with Crippen molar-refractivity contribution in [3.63, 3.8) is 0 Å². The molecule has 60 valence electrons. The lowest BCUT2D eigenvalue weighted by Crippen LogP contribution is -2.17. The Morgan fingerprint density at radius 2 is 2.55 bits per heavy atom. The zero-order chi connectivity index (χ0) is 8.27. The van der Waals surface area contributed by atoms with Crippen LogP contribution in [-0.4, -0.2) is 16.8 Å². The zero-order valence-electron chi connectivity index (χ0n) is 5.92. The molecule has 1 aliphatic rings. The molecule has 0 aromatic carbocycles. The molecule has 1 saturated heterocycles. The Morgan fingerprint density at radius 1 is 1.82 bits per heavy atom. The topological polar surface area (TPSA) is 38.3 Å². The first-order valence-electron chi connectivity index (χ1n) is 3.09. The molecule has 0 saturated carbocycles. The minimum absolute atomic E-state index is 0.173. The van der Waals surface area contributed by atoms with Crippen molar-refractivity contribution in [2.45, 2.75) is 6.92 Å². The smallest absolute Gasteiger partial charge is 0.266 e. The fourth-order valence-electron chi connectivity index (χ4n) is 0.563. The number of thioether (sulfide) groups is 1. The number of amides is 1. The number of hydrogen-bond acceptors (Lipinski definition) is 4. The largest absolute Gasteiger partial charge is 0.500 e. The molecule has 1 aliphatic heterocycles. The summed E-state index contributed by atoms with van der Waals surface area (Å²) in [5.41, 5.74) is 0. The third kappa shape index (κ3) is 2.20. The van der Waals surface area contributed by atoms with Gasteiger partial charge in [0, 0.05) is 0 Å². The first-order chi connectivity index (χ1) is 5.24. The summed E-state index contributed by atoms with van der Waals surface area (Å²) < 4.78 is 5.42. The number of carbonyl (C=O) groups is 1. The summed E-state index contributed by atoms with van der Waals surface area (Å²) in [4.78, 5) is 11.4. The van der Waals surface area contributed by atoms with Crippen LogP contribution in [-0.2, 0) is 9.53 Å². The van der Waals surface area contributed by atoms with Crippen LogP contribution in [0.15, 0.2) is 11.2 Å². The van der Waals surface area contributed by atoms with Crippen molar-refractivity contribution in [1.29, 1.82) is 0 Å². The quantitative estimate of drug-likeness (QED) is 0.400. The summed E-state index contributed by atoms with van der Waals surface area (Å²) in [5, 5.41) is 2.48. The lowest BCUT2D eigenvalue weighted by atomic mass is 10.6. The molecule has 0 atom stereocenters. The molecule has 0 aromatic rings. The molecule has 0 aromatic heterocycles. The molecular formula is C6H7NO2S2. The van der Waals surface area contributed by atoms with Gasteiger partial charge in [-0.25, -0.2) is 0 Å². The van der Waals surface area contributed by atoms with Crippen LogP contribution in [0.3, 0.4) is 0 Å². The predicted molar refractivity (Wildman–Crippen MR) is 48.0 cm³/mol. The molecule has 0 unspecified atom stereocenters. The minimum Gasteiger partial charge on any atom is -0.500 e. The van der Waals surface area contributed by atoms with Crippen LogP contribution in [0.25, 0.3) is 0 Å². The van der Waals surface area contributed by atoms with Gasteiger partial charge in [0.2, 0.25) is 0 Å². The molecule has 1 N–H and O–H groups in total. The van der Waals surface area contributed by atoms with Crippen LogP contribution in [0.2, 0.25) is 0 Å². The second-order valence-corrected chi connectivity index (χ2v) is 3.50. The second kappa shape index (κ2) is 3.73. The van der Waals surface area contributed by atoms with Crippen LogP contribution in [0.4, 0.5) is 0 Å². The highest BCUT2D eigenvalue weighted by atomic mass is 32.2. The van der Waals surface area contributed by atoms with E-state index in [1.54, 1.807) is 0 Å². The molecule has 0 aliphatic carbocycles. The van der Waals surface area contributed by atoms with E-state index in [1.807, 2.05) is 6.92 Å². The Kier molecular flexibility index (Phi) is 2.90. The zero-order valence-corrected chi connectivity index (χ0v) is 7.55. The molecule has 1 heterocycles. The molecule has 3 nitrogen and oxygen atoms in total. The van der Waals surface area contributed by atoms with Crippen molar-refractivity contribution in [2.75, 3.05) is 6.61 Å². The van der Waals surface area contributed by atoms with Crippen molar-refractivity contribution in [3.05, 3.63) is 11.2 Å². The fraction of sp³-hybridized carbons (Fsp3) is 0.333. The summed E-state index contributed by atoms with van der Waals surface area (Å²) in [7, 11) is 0. The molecule has 5 heteroatoms. The highest BCUT2D eigenvalue weighted by Gasteiger charge is 2.22. The van der Waals surface area contributed by atoms with Crippen LogP contribution < -0.4 is 5.32 Å². The Labute approximate surface area is 74.2 Å². The molecule has 11 heavy (non-hydrogen) atoms. The molecule has 1 rings (SSSR count). The monoisotopic (exact) mass is 189 g/mol. The van der Waals surface area contributed by atoms with Gasteiger partial charge in [-0.15, -0.1) is 0 Å². The Bertz CT molecular complexity index is 225. The van der Waals surface area contributed by atoms with Crippen molar-refractivity contribution in [2.24, 2.45) is 0 Å². The van der Waals surface area contributed by atoms with Gasteiger partial charge < -0.3 is 10.1 Å². The highest BCUT2D eigenvalue weighted by Crippen LogP contribution is 2.22. The van der Waals surface area contributed by atoms with E-state index in [9.17, 15) is 4.79 Å². The Morgan fingerprint density at radius 3 is 3.00 bits per heavy atom. The van der Waals surface area contributed by atoms with Gasteiger partial charge in [0.05, 0.1) is 6.61 Å². The number of carbonyl (C=O) groups excluding carboxylic acids is 1. The third-order valence-electron chi connectivity index (χ3n) is 0.999. The first-order valence-corrected chi connectivity index (χ1v) is 4.31. The molecule has 1 amide bonds. The van der Waals surface area contributed by atoms with E-state index in [0.717, 1.165) is 0 Å². The van der Waals surface area contributed by atoms with Crippen molar-refractivity contribution >= 4 is 34.2 Å². The lowest BCUT2D eigenvalue weighted by Gasteiger charge is -1.93. The van der Waals surface area contributed by atoms with Crippen LogP contribution in [0.1, 0.15) is 6.92 Å². The maximum atomic E-state index is 10.9. The molecule has 1 fully saturated rings. The van der Waals surface area contributed by atoms with E-state index < -0.39 is 0 Å². The summed E-state index contributed by atoms with van der Waals surface area (Å²) in [6.45, 7) is 2.41. The van der Waals surface area contributed by atoms with E-state index >= 15 is 0 Å². The van der Waals surface area contributed by atoms with Gasteiger partial charge in [-0.05, 0) is 6.92 Å². The predicted octanol–water partition coefficient (Wildman–Crippen LogP) is 1.01. The van der Waals surface area contributed by atoms with E-state index in [-0.39, 0.29) is 5.91 Å². The highest BCUT2D eigenvalue weighted by molar-refractivity contribution is 8.26. The third-order valence-corrected chi connectivity index (χ3v) is 2.14. The normalized spacial score (nSPS) is 20.6. The molecule has 0 bridgehead atoms. The van der Waals surface area contributed by atoms with Gasteiger partial charge in [0.25, 0.3) is 5.91 Å². The van der Waals surface area contributed by atoms with Gasteiger partial charge in [0.1, 0.15) is 15.5 Å². The van der Waals surface area contributed by atoms with Gasteiger partial charge in [-0.3, -0.25) is 4.79 Å². The van der Waals surface area contributed by atoms with Crippen LogP contribution in [0.5, 0.6) is 0 Å². The number of hydrogen-bond donors (Lipinski definition) is 1. The van der Waals surface area contributed by atoms with Crippen LogP contribution in [0, 0.1) is 0 Å². The molecular weight excluding hydrogens is 182 g/mol. The Balaban J connectivity index is 2.59. The number of rotatable bonds is 2. The van der Waals surface area contributed by atoms with Gasteiger partial charge in [-0.1, -0.05) is 24.0 Å². The fourth-order valence-corrected chi connectivity index (χ4v) is 1.53. The SMILES string of the molecule is CCOC=C1SC(=S)NC1=O. The standard InChI is InChI=1S/C6H7NO2S2/c1-2-9-3-4-5(8)7-6(10)11-4/h3H,2H2,1H3,(H,7,8,10). The van der Waals surface area contributed by atoms with Crippen molar-refractivity contribution in [3.8, 4) is 0 Å². The minimum atomic E-state index is -0.173. The first kappa shape index (κ1) is 8.55. The van der Waals surface area contributed by atoms with Crippen molar-refractivity contribution in [1.82, 2.24) is 5.32 Å². The van der Waals surface area contributed by atoms with Crippen LogP contribution >= 0.6 is 24.0 Å². The average Bonchev–Trinajstić information content (AvgIpc) is 2.26. The number of ether oxygens (including phenoxy) is 1. The van der Waals surface area contributed by atoms with E-state index in [2.05, 4.69) is 5.32 Å². The molecule has 0 radical (unpaired) electrons. The number of thiocarbonyl (C=S) groups is 1. The Hall–Kier alpha value is -0.550. The summed E-state index contributed by atoms with van der Waals surface area (Å²) >= 11 is 5.98. The lowest BCUT2D eigenvalue weighted by molar-refractivity contribution is -0.115. The van der Waals surface area contributed by atoms with E-state index in [4.69, 9.17) is 17.0 Å². The van der Waals surface area contributed by atoms with Gasteiger partial charge in [-0.2, -0.15) is 0 Å².